The minimum atomic E-state index is -3.66. The average Bonchev–Trinajstić information content (AvgIpc) is 3.34. The quantitative estimate of drug-likeness (QED) is 0.0324. The second kappa shape index (κ2) is 29.4. The van der Waals surface area contributed by atoms with E-state index in [0.29, 0.717) is 125 Å². The Morgan fingerprint density at radius 1 is 0.639 bits per heavy atom. The summed E-state index contributed by atoms with van der Waals surface area (Å²) in [6.07, 6.45) is 2.91. The van der Waals surface area contributed by atoms with Crippen LogP contribution in [0.15, 0.2) is 79.0 Å². The molecule has 0 spiro atoms. The van der Waals surface area contributed by atoms with Crippen LogP contribution in [0.25, 0.3) is 10.8 Å². The fraction of sp³-hybridized carbons (Fsp3) is 0.451. The molecule has 392 valence electrons. The molecule has 20 nitrogen and oxygen atoms in total. The molecule has 5 aromatic rings. The molecule has 3 amide bonds. The van der Waals surface area contributed by atoms with Gasteiger partial charge in [0.2, 0.25) is 15.9 Å². The molecule has 0 bridgehead atoms. The summed E-state index contributed by atoms with van der Waals surface area (Å²) in [6.45, 7) is 12.2. The third-order valence-corrected chi connectivity index (χ3v) is 11.0. The van der Waals surface area contributed by atoms with Crippen molar-refractivity contribution >= 4 is 49.8 Å². The Morgan fingerprint density at radius 3 is 1.81 bits per heavy atom. The van der Waals surface area contributed by atoms with Crippen molar-refractivity contribution in [1.29, 1.82) is 0 Å². The van der Waals surface area contributed by atoms with Crippen LogP contribution in [0, 0.1) is 0 Å². The first-order valence-electron chi connectivity index (χ1n) is 23.4. The summed E-state index contributed by atoms with van der Waals surface area (Å²) < 4.78 is 82.2. The number of carbonyl (C=O) groups is 2. The van der Waals surface area contributed by atoms with E-state index in [-0.39, 0.29) is 47.3 Å². The first-order valence-corrected chi connectivity index (χ1v) is 25.3. The highest BCUT2D eigenvalue weighted by Gasteiger charge is 2.23. The predicted molar refractivity (Wildman–Crippen MR) is 274 cm³/mol. The van der Waals surface area contributed by atoms with Crippen molar-refractivity contribution in [3.63, 3.8) is 0 Å². The first kappa shape index (κ1) is 56.7. The van der Waals surface area contributed by atoms with Crippen molar-refractivity contribution in [2.24, 2.45) is 0 Å². The highest BCUT2D eigenvalue weighted by atomic mass is 32.2. The number of amides is 3. The van der Waals surface area contributed by atoms with Crippen LogP contribution in [0.5, 0.6) is 23.1 Å². The largest absolute Gasteiger partial charge is 0.497 e. The SMILES string of the molecule is COCCOCCOCCOCCOCCOCCOCCNC(=O)c1cc(Cc2nccc(Oc3ccc(NC(=O)Nc4cc(C(C)(C)C)cc(NS(C)(=O)=O)c4OC)c4ccccc34)n2)cc(OC)c1. The highest BCUT2D eigenvalue weighted by Crippen LogP contribution is 2.40. The lowest BCUT2D eigenvalue weighted by Gasteiger charge is -2.24. The standard InChI is InChI=1S/C51H68N6O14S/c1-51(2,3)38-34-43(48(64-6)44(35-38)57-72(7,60)61)55-50(59)54-42-12-13-45(41-11-9-8-10-40(41)42)71-47-14-15-52-46(56-47)32-36-30-37(33-39(31-36)63-5)49(58)53-16-17-65-20-21-67-24-25-69-28-29-70-27-26-68-23-22-66-19-18-62-4/h8-15,30-31,33-35,57H,16-29,32H2,1-7H3,(H,53,58)(H2,54,55,59). The molecule has 4 N–H and O–H groups in total. The zero-order valence-corrected chi connectivity index (χ0v) is 42.9. The molecule has 5 rings (SSSR count). The van der Waals surface area contributed by atoms with Crippen LogP contribution in [0.4, 0.5) is 21.9 Å². The number of hydrogen-bond acceptors (Lipinski definition) is 16. The normalized spacial score (nSPS) is 11.6. The van der Waals surface area contributed by atoms with Crippen LogP contribution in [-0.2, 0) is 55.0 Å². The minimum Gasteiger partial charge on any atom is -0.497 e. The summed E-state index contributed by atoms with van der Waals surface area (Å²) in [5, 5.41) is 10.0. The van der Waals surface area contributed by atoms with E-state index in [2.05, 4.69) is 30.6 Å². The van der Waals surface area contributed by atoms with E-state index in [1.54, 1.807) is 55.8 Å². The van der Waals surface area contributed by atoms with Gasteiger partial charge in [0.1, 0.15) is 17.3 Å². The molecule has 1 aromatic heterocycles. The number of nitrogens with zero attached hydrogens (tertiary/aromatic N) is 2. The van der Waals surface area contributed by atoms with Crippen LogP contribution >= 0.6 is 0 Å². The van der Waals surface area contributed by atoms with Gasteiger partial charge < -0.3 is 63.3 Å². The number of fused-ring (bicyclic) bond motifs is 1. The molecular weight excluding hydrogens is 953 g/mol. The molecule has 0 aliphatic carbocycles. The van der Waals surface area contributed by atoms with E-state index in [9.17, 15) is 18.0 Å². The second-order valence-corrected chi connectivity index (χ2v) is 18.8. The molecule has 0 unspecified atom stereocenters. The van der Waals surface area contributed by atoms with E-state index in [0.717, 1.165) is 17.4 Å². The summed E-state index contributed by atoms with van der Waals surface area (Å²) in [5.41, 5.74) is 2.49. The zero-order chi connectivity index (χ0) is 51.8. The number of aromatic nitrogens is 2. The number of sulfonamides is 1. The Hall–Kier alpha value is -6.17. The molecule has 21 heteroatoms. The second-order valence-electron chi connectivity index (χ2n) is 17.0. The monoisotopic (exact) mass is 1020 g/mol. The lowest BCUT2D eigenvalue weighted by molar-refractivity contribution is -0.0189. The number of anilines is 3. The molecule has 0 radical (unpaired) electrons. The molecule has 0 aliphatic rings. The van der Waals surface area contributed by atoms with Gasteiger partial charge in [-0.1, -0.05) is 45.0 Å². The Morgan fingerprint density at radius 2 is 1.22 bits per heavy atom. The van der Waals surface area contributed by atoms with Gasteiger partial charge in [0, 0.05) is 48.7 Å². The van der Waals surface area contributed by atoms with E-state index in [4.69, 9.17) is 47.4 Å². The van der Waals surface area contributed by atoms with E-state index in [1.165, 1.54) is 14.2 Å². The number of urea groups is 1. The van der Waals surface area contributed by atoms with Crippen molar-refractivity contribution in [2.45, 2.75) is 32.6 Å². The van der Waals surface area contributed by atoms with E-state index < -0.39 is 16.1 Å². The third-order valence-electron chi connectivity index (χ3n) is 10.4. The maximum Gasteiger partial charge on any atom is 0.323 e. The maximum atomic E-state index is 13.6. The summed E-state index contributed by atoms with van der Waals surface area (Å²) >= 11 is 0. The number of nitrogens with one attached hydrogen (secondary N) is 4. The first-order chi connectivity index (χ1) is 34.7. The van der Waals surface area contributed by atoms with Crippen molar-refractivity contribution < 1.29 is 65.4 Å². The molecule has 0 aliphatic heterocycles. The lowest BCUT2D eigenvalue weighted by atomic mass is 9.86. The van der Waals surface area contributed by atoms with Crippen molar-refractivity contribution in [1.82, 2.24) is 15.3 Å². The van der Waals surface area contributed by atoms with E-state index in [1.807, 2.05) is 51.1 Å². The van der Waals surface area contributed by atoms with Crippen LogP contribution in [0.3, 0.4) is 0 Å². The van der Waals surface area contributed by atoms with Crippen LogP contribution in [0.1, 0.15) is 48.1 Å². The molecule has 4 aromatic carbocycles. The fourth-order valence-corrected chi connectivity index (χ4v) is 7.46. The third kappa shape index (κ3) is 19.4. The number of carbonyl (C=O) groups excluding carboxylic acids is 2. The van der Waals surface area contributed by atoms with Gasteiger partial charge in [0.05, 0.1) is 123 Å². The highest BCUT2D eigenvalue weighted by molar-refractivity contribution is 7.92. The topological polar surface area (TPSA) is 234 Å². The number of methoxy groups -OCH3 is 3. The minimum absolute atomic E-state index is 0.155. The van der Waals surface area contributed by atoms with Crippen LogP contribution in [0.2, 0.25) is 0 Å². The molecule has 0 fully saturated rings. The fourth-order valence-electron chi connectivity index (χ4n) is 6.91. The van der Waals surface area contributed by atoms with Crippen LogP contribution in [-0.4, -0.2) is 150 Å². The number of benzene rings is 4. The molecular formula is C51H68N6O14S. The lowest BCUT2D eigenvalue weighted by Crippen LogP contribution is -2.27. The summed E-state index contributed by atoms with van der Waals surface area (Å²) in [6, 6.07) is 20.6. The molecule has 0 atom stereocenters. The molecule has 0 saturated heterocycles. The average molecular weight is 1020 g/mol. The molecule has 0 saturated carbocycles. The van der Waals surface area contributed by atoms with Gasteiger partial charge in [-0.05, 0) is 59.0 Å². The van der Waals surface area contributed by atoms with E-state index >= 15 is 0 Å². The van der Waals surface area contributed by atoms with Gasteiger partial charge in [-0.2, -0.15) is 4.98 Å². The Bertz CT molecular complexity index is 2610. The maximum absolute atomic E-state index is 13.6. The van der Waals surface area contributed by atoms with Crippen molar-refractivity contribution in [2.75, 3.05) is 135 Å². The van der Waals surface area contributed by atoms with Gasteiger partial charge in [-0.3, -0.25) is 9.52 Å². The van der Waals surface area contributed by atoms with Gasteiger partial charge in [0.15, 0.2) is 5.75 Å². The Kier molecular flexibility index (Phi) is 23.1. The van der Waals surface area contributed by atoms with Crippen molar-refractivity contribution in [3.05, 3.63) is 102 Å². The smallest absolute Gasteiger partial charge is 0.323 e. The van der Waals surface area contributed by atoms with Gasteiger partial charge in [0.25, 0.3) is 5.91 Å². The van der Waals surface area contributed by atoms with Gasteiger partial charge >= 0.3 is 6.03 Å². The molecule has 1 heterocycles. The number of hydrogen-bond donors (Lipinski definition) is 4. The predicted octanol–water partition coefficient (Wildman–Crippen LogP) is 6.82. The molecule has 72 heavy (non-hydrogen) atoms. The number of rotatable bonds is 32. The Balaban J connectivity index is 1.08. The zero-order valence-electron chi connectivity index (χ0n) is 42.1. The summed E-state index contributed by atoms with van der Waals surface area (Å²) in [5.74, 6) is 1.56. The summed E-state index contributed by atoms with van der Waals surface area (Å²) in [4.78, 5) is 35.9. The number of ether oxygens (including phenoxy) is 10. The van der Waals surface area contributed by atoms with Crippen LogP contribution < -0.4 is 34.9 Å². The van der Waals surface area contributed by atoms with Crippen molar-refractivity contribution in [3.8, 4) is 23.1 Å². The van der Waals surface area contributed by atoms with Gasteiger partial charge in [-0.25, -0.2) is 18.2 Å². The summed E-state index contributed by atoms with van der Waals surface area (Å²) in [7, 11) is 0.898. The van der Waals surface area contributed by atoms with Gasteiger partial charge in [-0.15, -0.1) is 0 Å². The Labute approximate surface area is 421 Å².